The molecular formula is C18H20ClN3O. The second kappa shape index (κ2) is 7.02. The van der Waals surface area contributed by atoms with Crippen LogP contribution >= 0.6 is 11.6 Å². The van der Waals surface area contributed by atoms with Gasteiger partial charge < -0.3 is 10.6 Å². The maximum absolute atomic E-state index is 11.1. The van der Waals surface area contributed by atoms with Crippen molar-refractivity contribution >= 4 is 23.2 Å². The van der Waals surface area contributed by atoms with Crippen molar-refractivity contribution in [1.29, 1.82) is 0 Å². The molecule has 0 aliphatic carbocycles. The molecule has 1 heterocycles. The quantitative estimate of drug-likeness (QED) is 0.938. The number of nitrogens with zero attached hydrogens (tertiary/aromatic N) is 2. The van der Waals surface area contributed by atoms with E-state index in [1.807, 2.05) is 30.3 Å². The molecule has 1 aliphatic heterocycles. The summed E-state index contributed by atoms with van der Waals surface area (Å²) in [6, 6.07) is 15.5. The predicted molar refractivity (Wildman–Crippen MR) is 93.9 cm³/mol. The van der Waals surface area contributed by atoms with Crippen molar-refractivity contribution in [2.45, 2.75) is 6.54 Å². The zero-order valence-electron chi connectivity index (χ0n) is 12.9. The minimum Gasteiger partial charge on any atom is -0.369 e. The fraction of sp³-hybridized carbons (Fsp3) is 0.278. The van der Waals surface area contributed by atoms with Crippen LogP contribution in [0, 0.1) is 0 Å². The van der Waals surface area contributed by atoms with Crippen molar-refractivity contribution in [3.63, 3.8) is 0 Å². The Labute approximate surface area is 141 Å². The maximum atomic E-state index is 11.1. The number of carbonyl (C=O) groups excluding carboxylic acids is 1. The van der Waals surface area contributed by atoms with E-state index in [9.17, 15) is 4.79 Å². The van der Waals surface area contributed by atoms with Crippen LogP contribution in [0.1, 0.15) is 15.9 Å². The van der Waals surface area contributed by atoms with Gasteiger partial charge in [-0.1, -0.05) is 29.8 Å². The predicted octanol–water partition coefficient (Wildman–Crippen LogP) is 2.76. The van der Waals surface area contributed by atoms with Crippen LogP contribution in [-0.2, 0) is 6.54 Å². The third kappa shape index (κ3) is 4.03. The minimum absolute atomic E-state index is 0.383. The Balaban J connectivity index is 1.55. The summed E-state index contributed by atoms with van der Waals surface area (Å²) >= 11 is 6.07. The second-order valence-corrected chi connectivity index (χ2v) is 6.24. The van der Waals surface area contributed by atoms with Crippen LogP contribution in [0.25, 0.3) is 0 Å². The van der Waals surface area contributed by atoms with Gasteiger partial charge in [0, 0.05) is 49.0 Å². The highest BCUT2D eigenvalue weighted by molar-refractivity contribution is 6.30. The van der Waals surface area contributed by atoms with Crippen LogP contribution in [0.4, 0.5) is 5.69 Å². The first-order valence-electron chi connectivity index (χ1n) is 7.73. The first-order chi connectivity index (χ1) is 11.1. The number of amides is 1. The van der Waals surface area contributed by atoms with Crippen LogP contribution in [0.2, 0.25) is 5.02 Å². The average Bonchev–Trinajstić information content (AvgIpc) is 2.56. The summed E-state index contributed by atoms with van der Waals surface area (Å²) in [6.45, 7) is 4.87. The third-order valence-electron chi connectivity index (χ3n) is 4.19. The summed E-state index contributed by atoms with van der Waals surface area (Å²) in [6.07, 6.45) is 0. The van der Waals surface area contributed by atoms with Crippen molar-refractivity contribution in [2.24, 2.45) is 5.73 Å². The molecule has 23 heavy (non-hydrogen) atoms. The highest BCUT2D eigenvalue weighted by Crippen LogP contribution is 2.21. The molecule has 120 valence electrons. The fourth-order valence-electron chi connectivity index (χ4n) is 2.87. The molecule has 1 saturated heterocycles. The number of rotatable bonds is 4. The summed E-state index contributed by atoms with van der Waals surface area (Å²) in [4.78, 5) is 15.9. The Hall–Kier alpha value is -2.04. The van der Waals surface area contributed by atoms with E-state index < -0.39 is 0 Å². The number of primary amides is 1. The van der Waals surface area contributed by atoms with Gasteiger partial charge in [0.25, 0.3) is 0 Å². The molecule has 0 aromatic heterocycles. The van der Waals surface area contributed by atoms with E-state index in [0.717, 1.165) is 37.7 Å². The van der Waals surface area contributed by atoms with Crippen LogP contribution in [-0.4, -0.2) is 37.0 Å². The number of benzene rings is 2. The summed E-state index contributed by atoms with van der Waals surface area (Å²) in [5, 5.41) is 0.777. The van der Waals surface area contributed by atoms with Crippen LogP contribution < -0.4 is 10.6 Å². The molecule has 0 bridgehead atoms. The van der Waals surface area contributed by atoms with E-state index in [-0.39, 0.29) is 5.91 Å². The largest absolute Gasteiger partial charge is 0.369 e. The van der Waals surface area contributed by atoms with Crippen LogP contribution in [0.3, 0.4) is 0 Å². The molecule has 2 aromatic rings. The lowest BCUT2D eigenvalue weighted by Gasteiger charge is -2.36. The highest BCUT2D eigenvalue weighted by Gasteiger charge is 2.17. The third-order valence-corrected chi connectivity index (χ3v) is 4.43. The average molecular weight is 330 g/mol. The molecule has 5 heteroatoms. The standard InChI is InChI=1S/C18H20ClN3O/c19-16-2-1-3-17(12-16)22-10-8-21(9-11-22)13-14-4-6-15(7-5-14)18(20)23/h1-7,12H,8-11,13H2,(H2,20,23). The van der Waals surface area contributed by atoms with Crippen molar-refractivity contribution in [1.82, 2.24) is 4.90 Å². The molecule has 0 radical (unpaired) electrons. The first-order valence-corrected chi connectivity index (χ1v) is 8.11. The van der Waals surface area contributed by atoms with Gasteiger partial charge in [0.05, 0.1) is 0 Å². The van der Waals surface area contributed by atoms with E-state index in [1.165, 1.54) is 11.3 Å². The van der Waals surface area contributed by atoms with E-state index in [4.69, 9.17) is 17.3 Å². The molecule has 1 aliphatic rings. The topological polar surface area (TPSA) is 49.6 Å². The zero-order chi connectivity index (χ0) is 16.2. The van der Waals surface area contributed by atoms with Gasteiger partial charge in [0.1, 0.15) is 0 Å². The SMILES string of the molecule is NC(=O)c1ccc(CN2CCN(c3cccc(Cl)c3)CC2)cc1. The normalized spacial score (nSPS) is 15.6. The molecule has 0 unspecified atom stereocenters. The molecule has 0 atom stereocenters. The van der Waals surface area contributed by atoms with Crippen LogP contribution in [0.15, 0.2) is 48.5 Å². The number of carbonyl (C=O) groups is 1. The van der Waals surface area contributed by atoms with E-state index in [1.54, 1.807) is 12.1 Å². The summed E-state index contributed by atoms with van der Waals surface area (Å²) in [5.41, 5.74) is 8.20. The van der Waals surface area contributed by atoms with Gasteiger partial charge in [0.15, 0.2) is 0 Å². The lowest BCUT2D eigenvalue weighted by molar-refractivity contribution is 0.100. The second-order valence-electron chi connectivity index (χ2n) is 5.80. The van der Waals surface area contributed by atoms with Crippen molar-refractivity contribution in [3.8, 4) is 0 Å². The van der Waals surface area contributed by atoms with Crippen LogP contribution in [0.5, 0.6) is 0 Å². The van der Waals surface area contributed by atoms with E-state index in [0.29, 0.717) is 5.56 Å². The number of hydrogen-bond acceptors (Lipinski definition) is 3. The Bertz CT molecular complexity index is 679. The molecule has 0 spiro atoms. The Morgan fingerprint density at radius 2 is 1.74 bits per heavy atom. The Morgan fingerprint density at radius 3 is 2.35 bits per heavy atom. The lowest BCUT2D eigenvalue weighted by atomic mass is 10.1. The van der Waals surface area contributed by atoms with Gasteiger partial charge in [-0.25, -0.2) is 0 Å². The van der Waals surface area contributed by atoms with Gasteiger partial charge >= 0.3 is 0 Å². The Kier molecular flexibility index (Phi) is 4.84. The summed E-state index contributed by atoms with van der Waals surface area (Å²) < 4.78 is 0. The maximum Gasteiger partial charge on any atom is 0.248 e. The molecule has 2 N–H and O–H groups in total. The fourth-order valence-corrected chi connectivity index (χ4v) is 3.05. The molecule has 1 amide bonds. The molecule has 4 nitrogen and oxygen atoms in total. The minimum atomic E-state index is -0.383. The number of anilines is 1. The molecule has 1 fully saturated rings. The number of nitrogens with two attached hydrogens (primary N) is 1. The van der Waals surface area contributed by atoms with Gasteiger partial charge in [-0.2, -0.15) is 0 Å². The van der Waals surface area contributed by atoms with Crippen molar-refractivity contribution in [2.75, 3.05) is 31.1 Å². The van der Waals surface area contributed by atoms with Gasteiger partial charge in [0.2, 0.25) is 5.91 Å². The number of piperazine rings is 1. The zero-order valence-corrected chi connectivity index (χ0v) is 13.7. The van der Waals surface area contributed by atoms with Gasteiger partial charge in [-0.15, -0.1) is 0 Å². The number of hydrogen-bond donors (Lipinski definition) is 1. The van der Waals surface area contributed by atoms with Gasteiger partial charge in [-0.3, -0.25) is 9.69 Å². The highest BCUT2D eigenvalue weighted by atomic mass is 35.5. The first kappa shape index (κ1) is 15.8. The molecule has 3 rings (SSSR count). The smallest absolute Gasteiger partial charge is 0.248 e. The van der Waals surface area contributed by atoms with Crippen molar-refractivity contribution in [3.05, 3.63) is 64.7 Å². The lowest BCUT2D eigenvalue weighted by Crippen LogP contribution is -2.45. The van der Waals surface area contributed by atoms with Crippen molar-refractivity contribution < 1.29 is 4.79 Å². The molecule has 2 aromatic carbocycles. The summed E-state index contributed by atoms with van der Waals surface area (Å²) in [5.74, 6) is -0.383. The van der Waals surface area contributed by atoms with E-state index >= 15 is 0 Å². The molecule has 0 saturated carbocycles. The monoisotopic (exact) mass is 329 g/mol. The Morgan fingerprint density at radius 1 is 1.04 bits per heavy atom. The molecular weight excluding hydrogens is 310 g/mol. The van der Waals surface area contributed by atoms with E-state index in [2.05, 4.69) is 15.9 Å². The van der Waals surface area contributed by atoms with Gasteiger partial charge in [-0.05, 0) is 35.9 Å². The number of halogens is 1. The summed E-state index contributed by atoms with van der Waals surface area (Å²) in [7, 11) is 0.